The minimum absolute atomic E-state index is 0.0358. The second kappa shape index (κ2) is 4.46. The van der Waals surface area contributed by atoms with Crippen molar-refractivity contribution in [3.63, 3.8) is 0 Å². The fourth-order valence-electron chi connectivity index (χ4n) is 2.23. The van der Waals surface area contributed by atoms with Crippen molar-refractivity contribution in [2.45, 2.75) is 12.8 Å². The summed E-state index contributed by atoms with van der Waals surface area (Å²) in [6, 6.07) is 5.78. The van der Waals surface area contributed by atoms with Crippen LogP contribution in [0.2, 0.25) is 0 Å². The number of amides is 1. The Bertz CT molecular complexity index is 502. The first-order chi connectivity index (χ1) is 8.63. The van der Waals surface area contributed by atoms with Gasteiger partial charge in [0.25, 0.3) is 5.91 Å². The van der Waals surface area contributed by atoms with E-state index in [1.54, 1.807) is 0 Å². The Balaban J connectivity index is 1.93. The lowest BCUT2D eigenvalue weighted by atomic mass is 10.1. The summed E-state index contributed by atoms with van der Waals surface area (Å²) in [5.74, 6) is 1.66. The number of rotatable bonds is 3. The molecule has 1 aliphatic heterocycles. The number of nitrogens with zero attached hydrogens (tertiary/aromatic N) is 1. The predicted octanol–water partition coefficient (Wildman–Crippen LogP) is 2.88. The van der Waals surface area contributed by atoms with E-state index in [1.807, 2.05) is 23.1 Å². The highest BCUT2D eigenvalue weighted by atomic mass is 79.9. The molecule has 96 valence electrons. The number of hydrogen-bond donors (Lipinski definition) is 1. The summed E-state index contributed by atoms with van der Waals surface area (Å²) in [6.07, 6.45) is 2.31. The zero-order chi connectivity index (χ0) is 12.8. The number of anilines is 1. The molecule has 3 rings (SSSR count). The van der Waals surface area contributed by atoms with E-state index in [-0.39, 0.29) is 17.9 Å². The number of fused-ring (bicyclic) bond motifs is 1. The van der Waals surface area contributed by atoms with Gasteiger partial charge in [0.05, 0.1) is 5.69 Å². The largest absolute Gasteiger partial charge is 0.482 e. The van der Waals surface area contributed by atoms with E-state index >= 15 is 0 Å². The molecule has 0 unspecified atom stereocenters. The second-order valence-corrected chi connectivity index (χ2v) is 6.27. The number of thiol groups is 1. The Kier molecular flexibility index (Phi) is 3.06. The molecule has 0 bridgehead atoms. The summed E-state index contributed by atoms with van der Waals surface area (Å²) >= 11 is 7.85. The van der Waals surface area contributed by atoms with Crippen LogP contribution in [0.4, 0.5) is 5.69 Å². The molecular formula is C13H14BrNO2S. The molecule has 1 aromatic carbocycles. The Morgan fingerprint density at radius 3 is 2.89 bits per heavy atom. The monoisotopic (exact) mass is 327 g/mol. The van der Waals surface area contributed by atoms with Crippen molar-refractivity contribution >= 4 is 40.2 Å². The number of halogens is 1. The Morgan fingerprint density at radius 2 is 2.22 bits per heavy atom. The predicted molar refractivity (Wildman–Crippen MR) is 77.5 cm³/mol. The lowest BCUT2D eigenvalue weighted by Gasteiger charge is -2.32. The molecule has 0 N–H and O–H groups in total. The van der Waals surface area contributed by atoms with Crippen molar-refractivity contribution in [1.82, 2.24) is 0 Å². The lowest BCUT2D eigenvalue weighted by Crippen LogP contribution is -2.42. The van der Waals surface area contributed by atoms with Gasteiger partial charge in [-0.3, -0.25) is 4.79 Å². The minimum atomic E-state index is 0.0358. The number of hydrogen-bond acceptors (Lipinski definition) is 3. The molecule has 1 saturated carbocycles. The number of carbonyl (C=O) groups excluding carboxylic acids is 1. The smallest absolute Gasteiger partial charge is 0.265 e. The molecule has 0 atom stereocenters. The second-order valence-electron chi connectivity index (χ2n) is 5.04. The van der Waals surface area contributed by atoms with Crippen molar-refractivity contribution in [3.05, 3.63) is 22.7 Å². The fraction of sp³-hybridized carbons (Fsp3) is 0.462. The van der Waals surface area contributed by atoms with Crippen LogP contribution in [0.1, 0.15) is 12.8 Å². The van der Waals surface area contributed by atoms with Crippen molar-refractivity contribution in [3.8, 4) is 5.75 Å². The lowest BCUT2D eigenvalue weighted by molar-refractivity contribution is -0.121. The molecule has 0 saturated heterocycles. The van der Waals surface area contributed by atoms with Crippen LogP contribution in [0.5, 0.6) is 5.75 Å². The third-order valence-corrected chi connectivity index (χ3v) is 4.81. The average Bonchev–Trinajstić information content (AvgIpc) is 3.14. The van der Waals surface area contributed by atoms with E-state index in [0.717, 1.165) is 41.0 Å². The fourth-order valence-corrected chi connectivity index (χ4v) is 2.99. The molecule has 1 aromatic rings. The van der Waals surface area contributed by atoms with Crippen molar-refractivity contribution in [2.75, 3.05) is 23.8 Å². The van der Waals surface area contributed by atoms with Gasteiger partial charge in [-0.05, 0) is 42.2 Å². The maximum Gasteiger partial charge on any atom is 0.265 e. The molecule has 18 heavy (non-hydrogen) atoms. The zero-order valence-corrected chi connectivity index (χ0v) is 12.3. The maximum absolute atomic E-state index is 12.1. The zero-order valence-electron chi connectivity index (χ0n) is 9.86. The van der Waals surface area contributed by atoms with E-state index in [2.05, 4.69) is 28.6 Å². The summed E-state index contributed by atoms with van der Waals surface area (Å²) in [4.78, 5) is 13.9. The Morgan fingerprint density at radius 1 is 1.44 bits per heavy atom. The van der Waals surface area contributed by atoms with Crippen LogP contribution >= 0.6 is 28.6 Å². The Hall–Kier alpha value is -0.680. The van der Waals surface area contributed by atoms with Crippen LogP contribution in [0.3, 0.4) is 0 Å². The van der Waals surface area contributed by atoms with Crippen LogP contribution in [0.25, 0.3) is 0 Å². The normalized spacial score (nSPS) is 20.3. The maximum atomic E-state index is 12.1. The van der Waals surface area contributed by atoms with Gasteiger partial charge in [-0.1, -0.05) is 15.9 Å². The van der Waals surface area contributed by atoms with Gasteiger partial charge in [0.2, 0.25) is 0 Å². The number of benzene rings is 1. The van der Waals surface area contributed by atoms with Gasteiger partial charge in [-0.25, -0.2) is 0 Å². The van der Waals surface area contributed by atoms with Crippen LogP contribution in [-0.2, 0) is 4.79 Å². The van der Waals surface area contributed by atoms with Gasteiger partial charge >= 0.3 is 0 Å². The Labute approximate surface area is 120 Å². The van der Waals surface area contributed by atoms with Crippen molar-refractivity contribution in [1.29, 1.82) is 0 Å². The van der Waals surface area contributed by atoms with Gasteiger partial charge in [0.1, 0.15) is 5.75 Å². The third kappa shape index (κ3) is 2.14. The van der Waals surface area contributed by atoms with Crippen LogP contribution in [0, 0.1) is 5.41 Å². The average molecular weight is 328 g/mol. The van der Waals surface area contributed by atoms with Gasteiger partial charge < -0.3 is 9.64 Å². The molecule has 0 spiro atoms. The molecule has 0 aromatic heterocycles. The van der Waals surface area contributed by atoms with E-state index in [0.29, 0.717) is 0 Å². The van der Waals surface area contributed by atoms with E-state index in [4.69, 9.17) is 4.74 Å². The summed E-state index contributed by atoms with van der Waals surface area (Å²) in [5, 5.41) is 0. The highest BCUT2D eigenvalue weighted by Gasteiger charge is 2.44. The van der Waals surface area contributed by atoms with E-state index in [9.17, 15) is 4.79 Å². The molecule has 1 amide bonds. The first-order valence-corrected chi connectivity index (χ1v) is 7.40. The summed E-state index contributed by atoms with van der Waals surface area (Å²) in [7, 11) is 0. The standard InChI is InChI=1S/C13H14BrNO2S/c14-9-1-2-11-10(5-9)15(12(16)6-17-11)7-13(8-18)3-4-13/h1-2,5,18H,3-4,6-8H2. The van der Waals surface area contributed by atoms with Crippen LogP contribution in [0.15, 0.2) is 22.7 Å². The van der Waals surface area contributed by atoms with Gasteiger partial charge in [-0.15, -0.1) is 0 Å². The van der Waals surface area contributed by atoms with Crippen molar-refractivity contribution in [2.24, 2.45) is 5.41 Å². The third-order valence-electron chi connectivity index (χ3n) is 3.65. The number of carbonyl (C=O) groups is 1. The van der Waals surface area contributed by atoms with Crippen LogP contribution < -0.4 is 9.64 Å². The molecule has 5 heteroatoms. The summed E-state index contributed by atoms with van der Waals surface area (Å²) < 4.78 is 6.42. The topological polar surface area (TPSA) is 29.5 Å². The van der Waals surface area contributed by atoms with Gasteiger partial charge in [-0.2, -0.15) is 12.6 Å². The molecule has 0 radical (unpaired) electrons. The van der Waals surface area contributed by atoms with Crippen LogP contribution in [-0.4, -0.2) is 24.8 Å². The SMILES string of the molecule is O=C1COc2ccc(Br)cc2N1CC1(CS)CC1. The molecule has 2 aliphatic rings. The first-order valence-electron chi connectivity index (χ1n) is 5.97. The molecule has 1 heterocycles. The highest BCUT2D eigenvalue weighted by Crippen LogP contribution is 2.49. The van der Waals surface area contributed by atoms with Gasteiger partial charge in [0, 0.05) is 11.0 Å². The molecular weight excluding hydrogens is 314 g/mol. The quantitative estimate of drug-likeness (QED) is 0.865. The van der Waals surface area contributed by atoms with E-state index in [1.165, 1.54) is 0 Å². The van der Waals surface area contributed by atoms with Crippen molar-refractivity contribution < 1.29 is 9.53 Å². The van der Waals surface area contributed by atoms with E-state index < -0.39 is 0 Å². The summed E-state index contributed by atoms with van der Waals surface area (Å²) in [5.41, 5.74) is 1.09. The summed E-state index contributed by atoms with van der Waals surface area (Å²) in [6.45, 7) is 0.888. The number of ether oxygens (including phenoxy) is 1. The molecule has 1 fully saturated rings. The van der Waals surface area contributed by atoms with Gasteiger partial charge in [0.15, 0.2) is 6.61 Å². The minimum Gasteiger partial charge on any atom is -0.482 e. The molecule has 3 nitrogen and oxygen atoms in total. The molecule has 1 aliphatic carbocycles. The first kappa shape index (κ1) is 12.4. The highest BCUT2D eigenvalue weighted by molar-refractivity contribution is 9.10.